The standard InChI is InChI=1S/C30H43O3P/c31-34(28-20-12-10-13-21-28,29-22-14-11-15-23-29)27-19-9-7-5-3-1-2-4-6-8-17-25-32-30-24-16-18-26-33-30/h5,7,10-15,20-23,30H,1-4,6,8-9,16-19,24-27H2. The molecule has 186 valence electrons. The topological polar surface area (TPSA) is 35.5 Å². The molecule has 1 heterocycles. The van der Waals surface area contributed by atoms with E-state index in [1.807, 2.05) is 60.7 Å². The summed E-state index contributed by atoms with van der Waals surface area (Å²) in [6.07, 6.45) is 19.5. The maximum Gasteiger partial charge on any atom is 0.157 e. The van der Waals surface area contributed by atoms with Gasteiger partial charge < -0.3 is 14.0 Å². The van der Waals surface area contributed by atoms with Crippen LogP contribution >= 0.6 is 7.14 Å². The largest absolute Gasteiger partial charge is 0.353 e. The van der Waals surface area contributed by atoms with Crippen LogP contribution in [0.1, 0.15) is 77.0 Å². The van der Waals surface area contributed by atoms with Gasteiger partial charge in [0.15, 0.2) is 6.29 Å². The molecule has 0 saturated carbocycles. The summed E-state index contributed by atoms with van der Waals surface area (Å²) in [7, 11) is -2.56. The summed E-state index contributed by atoms with van der Waals surface area (Å²) in [5, 5.41) is 1.94. The second kappa shape index (κ2) is 16.1. The van der Waals surface area contributed by atoms with Crippen LogP contribution in [0.2, 0.25) is 0 Å². The van der Waals surface area contributed by atoms with E-state index in [-0.39, 0.29) is 6.29 Å². The fourth-order valence-corrected chi connectivity index (χ4v) is 7.29. The zero-order chi connectivity index (χ0) is 23.7. The first-order valence-corrected chi connectivity index (χ1v) is 15.3. The number of unbranched alkanes of at least 4 members (excludes halogenated alkanes) is 7. The zero-order valence-corrected chi connectivity index (χ0v) is 21.7. The number of rotatable bonds is 16. The monoisotopic (exact) mass is 482 g/mol. The molecule has 0 amide bonds. The Labute approximate surface area is 207 Å². The van der Waals surface area contributed by atoms with Crippen molar-refractivity contribution in [2.75, 3.05) is 19.4 Å². The third-order valence-electron chi connectivity index (χ3n) is 6.56. The van der Waals surface area contributed by atoms with Crippen LogP contribution in [0.5, 0.6) is 0 Å². The summed E-state index contributed by atoms with van der Waals surface area (Å²) >= 11 is 0. The van der Waals surface area contributed by atoms with Crippen molar-refractivity contribution in [3.63, 3.8) is 0 Å². The average Bonchev–Trinajstić information content (AvgIpc) is 2.90. The van der Waals surface area contributed by atoms with Gasteiger partial charge in [0.2, 0.25) is 0 Å². The second-order valence-corrected chi connectivity index (χ2v) is 12.3. The first-order valence-electron chi connectivity index (χ1n) is 13.4. The van der Waals surface area contributed by atoms with Gasteiger partial charge in [-0.2, -0.15) is 0 Å². The lowest BCUT2D eigenvalue weighted by Crippen LogP contribution is -2.22. The lowest BCUT2D eigenvalue weighted by atomic mass is 10.1. The number of ether oxygens (including phenoxy) is 2. The van der Waals surface area contributed by atoms with Crippen LogP contribution < -0.4 is 10.6 Å². The lowest BCUT2D eigenvalue weighted by Gasteiger charge is -2.22. The molecular formula is C30H43O3P. The van der Waals surface area contributed by atoms with Gasteiger partial charge in [-0.3, -0.25) is 0 Å². The van der Waals surface area contributed by atoms with Crippen molar-refractivity contribution in [1.82, 2.24) is 0 Å². The van der Waals surface area contributed by atoms with Gasteiger partial charge in [0.25, 0.3) is 0 Å². The number of benzene rings is 2. The van der Waals surface area contributed by atoms with Gasteiger partial charge >= 0.3 is 0 Å². The molecule has 3 nitrogen and oxygen atoms in total. The maximum absolute atomic E-state index is 14.0. The average molecular weight is 483 g/mol. The van der Waals surface area contributed by atoms with Crippen LogP contribution in [0.3, 0.4) is 0 Å². The predicted octanol–water partition coefficient (Wildman–Crippen LogP) is 7.61. The summed E-state index contributed by atoms with van der Waals surface area (Å²) in [4.78, 5) is 0. The van der Waals surface area contributed by atoms with Gasteiger partial charge in [0.1, 0.15) is 7.14 Å². The van der Waals surface area contributed by atoms with E-state index in [2.05, 4.69) is 12.2 Å². The number of hydrogen-bond donors (Lipinski definition) is 0. The Morgan fingerprint density at radius 1 is 0.765 bits per heavy atom. The van der Waals surface area contributed by atoms with Crippen LogP contribution in [-0.4, -0.2) is 25.7 Å². The van der Waals surface area contributed by atoms with E-state index >= 15 is 0 Å². The molecule has 1 unspecified atom stereocenters. The molecule has 0 aliphatic carbocycles. The molecule has 0 N–H and O–H groups in total. The highest BCUT2D eigenvalue weighted by Crippen LogP contribution is 2.44. The highest BCUT2D eigenvalue weighted by molar-refractivity contribution is 7.78. The Morgan fingerprint density at radius 3 is 1.97 bits per heavy atom. The fraction of sp³-hybridized carbons (Fsp3) is 0.533. The summed E-state index contributed by atoms with van der Waals surface area (Å²) < 4.78 is 25.4. The highest BCUT2D eigenvalue weighted by atomic mass is 31.2. The van der Waals surface area contributed by atoms with Gasteiger partial charge in [-0.25, -0.2) is 0 Å². The van der Waals surface area contributed by atoms with Crippen molar-refractivity contribution < 1.29 is 14.0 Å². The number of allylic oxidation sites excluding steroid dienone is 2. The molecule has 1 atom stereocenters. The van der Waals surface area contributed by atoms with E-state index in [9.17, 15) is 4.57 Å². The molecule has 1 saturated heterocycles. The first kappa shape index (κ1) is 26.9. The van der Waals surface area contributed by atoms with Gasteiger partial charge in [-0.1, -0.05) is 98.5 Å². The third-order valence-corrected chi connectivity index (χ3v) is 9.77. The molecule has 0 bridgehead atoms. The van der Waals surface area contributed by atoms with E-state index in [4.69, 9.17) is 9.47 Å². The molecule has 0 aromatic heterocycles. The smallest absolute Gasteiger partial charge is 0.157 e. The molecule has 0 spiro atoms. The van der Waals surface area contributed by atoms with Crippen molar-refractivity contribution >= 4 is 17.8 Å². The normalized spacial score (nSPS) is 16.8. The number of hydrogen-bond acceptors (Lipinski definition) is 3. The van der Waals surface area contributed by atoms with Crippen LogP contribution in [0.25, 0.3) is 0 Å². The molecule has 0 radical (unpaired) electrons. The van der Waals surface area contributed by atoms with Crippen molar-refractivity contribution in [3.05, 3.63) is 72.8 Å². The van der Waals surface area contributed by atoms with Crippen molar-refractivity contribution in [3.8, 4) is 0 Å². The summed E-state index contributed by atoms with van der Waals surface area (Å²) in [6, 6.07) is 20.0. The van der Waals surface area contributed by atoms with Crippen molar-refractivity contribution in [2.45, 2.75) is 83.3 Å². The van der Waals surface area contributed by atoms with E-state index in [1.165, 1.54) is 44.9 Å². The molecule has 1 aliphatic rings. The van der Waals surface area contributed by atoms with Crippen molar-refractivity contribution in [1.29, 1.82) is 0 Å². The lowest BCUT2D eigenvalue weighted by molar-refractivity contribution is -0.162. The minimum Gasteiger partial charge on any atom is -0.353 e. The van der Waals surface area contributed by atoms with Crippen LogP contribution in [0.4, 0.5) is 0 Å². The molecule has 2 aromatic carbocycles. The SMILES string of the molecule is O=P(CCCC=CCCCCCCCCOC1CCCCO1)(c1ccccc1)c1ccccc1. The van der Waals surface area contributed by atoms with Crippen LogP contribution in [0.15, 0.2) is 72.8 Å². The zero-order valence-electron chi connectivity index (χ0n) is 20.8. The van der Waals surface area contributed by atoms with Crippen LogP contribution in [-0.2, 0) is 14.0 Å². The van der Waals surface area contributed by atoms with E-state index in [0.717, 1.165) is 62.1 Å². The summed E-state index contributed by atoms with van der Waals surface area (Å²) in [6.45, 7) is 1.70. The molecule has 1 aliphatic heterocycles. The minimum atomic E-state index is -2.56. The second-order valence-electron chi connectivity index (χ2n) is 9.32. The maximum atomic E-state index is 14.0. The van der Waals surface area contributed by atoms with E-state index in [0.29, 0.717) is 0 Å². The van der Waals surface area contributed by atoms with Gasteiger partial charge in [-0.15, -0.1) is 0 Å². The van der Waals surface area contributed by atoms with Crippen LogP contribution in [0, 0.1) is 0 Å². The van der Waals surface area contributed by atoms with Gasteiger partial charge in [0, 0.05) is 30.0 Å². The Bertz CT molecular complexity index is 800. The Balaban J connectivity index is 1.23. The van der Waals surface area contributed by atoms with E-state index in [1.54, 1.807) is 0 Å². The molecule has 3 rings (SSSR count). The molecular weight excluding hydrogens is 439 g/mol. The Hall–Kier alpha value is -1.67. The fourth-order valence-electron chi connectivity index (χ4n) is 4.54. The quantitative estimate of drug-likeness (QED) is 0.140. The Kier molecular flexibility index (Phi) is 12.7. The van der Waals surface area contributed by atoms with Gasteiger partial charge in [0.05, 0.1) is 0 Å². The van der Waals surface area contributed by atoms with Crippen molar-refractivity contribution in [2.24, 2.45) is 0 Å². The molecule has 2 aromatic rings. The molecule has 1 fully saturated rings. The molecule has 4 heteroatoms. The summed E-state index contributed by atoms with van der Waals surface area (Å²) in [5.74, 6) is 0. The minimum absolute atomic E-state index is 0.0594. The first-order chi connectivity index (χ1) is 16.8. The van der Waals surface area contributed by atoms with E-state index < -0.39 is 7.14 Å². The molecule has 34 heavy (non-hydrogen) atoms. The highest BCUT2D eigenvalue weighted by Gasteiger charge is 2.26. The van der Waals surface area contributed by atoms with Gasteiger partial charge in [-0.05, 0) is 51.4 Å². The third kappa shape index (κ3) is 9.53. The predicted molar refractivity (Wildman–Crippen MR) is 145 cm³/mol. The summed E-state index contributed by atoms with van der Waals surface area (Å²) in [5.41, 5.74) is 0. The Morgan fingerprint density at radius 2 is 1.35 bits per heavy atom.